The van der Waals surface area contributed by atoms with Gasteiger partial charge in [0, 0.05) is 12.1 Å². The van der Waals surface area contributed by atoms with E-state index in [2.05, 4.69) is 10.3 Å². The molecular formula is C9H12F2N4O. The molecule has 0 amide bonds. The lowest BCUT2D eigenvalue weighted by atomic mass is 9.89. The Hall–Kier alpha value is -1.47. The highest BCUT2D eigenvalue weighted by Crippen LogP contribution is 2.25. The van der Waals surface area contributed by atoms with Gasteiger partial charge in [-0.2, -0.15) is 0 Å². The second kappa shape index (κ2) is 4.18. The van der Waals surface area contributed by atoms with Crippen molar-refractivity contribution in [1.82, 2.24) is 4.98 Å². The van der Waals surface area contributed by atoms with Crippen molar-refractivity contribution in [1.29, 1.82) is 0 Å². The highest BCUT2D eigenvalue weighted by Gasteiger charge is 2.28. The summed E-state index contributed by atoms with van der Waals surface area (Å²) in [5.41, 5.74) is 2.04. The number of aliphatic hydroxyl groups is 1. The number of nitrogen functional groups attached to an aromatic ring is 1. The van der Waals surface area contributed by atoms with Crippen LogP contribution in [0.3, 0.4) is 0 Å². The molecule has 0 spiro atoms. The monoisotopic (exact) mass is 230 g/mol. The van der Waals surface area contributed by atoms with Crippen LogP contribution in [0.25, 0.3) is 0 Å². The maximum Gasteiger partial charge on any atom is 0.178 e. The zero-order valence-corrected chi connectivity index (χ0v) is 8.37. The van der Waals surface area contributed by atoms with E-state index < -0.39 is 11.6 Å². The lowest BCUT2D eigenvalue weighted by Gasteiger charge is -2.32. The van der Waals surface area contributed by atoms with Gasteiger partial charge in [-0.05, 0) is 12.8 Å². The number of nitrogens with one attached hydrogen (secondary N) is 2. The molecule has 88 valence electrons. The fraction of sp³-hybridized carbons (Fsp3) is 0.444. The predicted molar refractivity (Wildman–Crippen MR) is 54.6 cm³/mol. The Bertz CT molecular complexity index is 395. The molecule has 1 saturated carbocycles. The van der Waals surface area contributed by atoms with Crippen LogP contribution in [0.15, 0.2) is 6.07 Å². The minimum absolute atomic E-state index is 0.0342. The normalized spacial score (nSPS) is 23.8. The van der Waals surface area contributed by atoms with Gasteiger partial charge in [0.2, 0.25) is 0 Å². The van der Waals surface area contributed by atoms with E-state index in [4.69, 9.17) is 10.9 Å². The van der Waals surface area contributed by atoms with Crippen LogP contribution in [-0.4, -0.2) is 22.2 Å². The number of anilines is 2. The van der Waals surface area contributed by atoms with E-state index in [1.807, 2.05) is 5.43 Å². The third-order valence-corrected chi connectivity index (χ3v) is 2.52. The summed E-state index contributed by atoms with van der Waals surface area (Å²) in [4.78, 5) is 3.66. The molecule has 16 heavy (non-hydrogen) atoms. The van der Waals surface area contributed by atoms with Crippen molar-refractivity contribution in [3.63, 3.8) is 0 Å². The van der Waals surface area contributed by atoms with Crippen LogP contribution in [0.5, 0.6) is 0 Å². The van der Waals surface area contributed by atoms with E-state index in [9.17, 15) is 8.78 Å². The molecule has 0 radical (unpaired) electrons. The molecule has 0 aromatic carbocycles. The summed E-state index contributed by atoms with van der Waals surface area (Å²) >= 11 is 0. The molecule has 0 atom stereocenters. The van der Waals surface area contributed by atoms with Gasteiger partial charge >= 0.3 is 0 Å². The molecule has 1 heterocycles. The number of pyridine rings is 1. The molecule has 5 nitrogen and oxygen atoms in total. The summed E-state index contributed by atoms with van der Waals surface area (Å²) in [5.74, 6) is 3.12. The lowest BCUT2D eigenvalue weighted by molar-refractivity contribution is 0.0834. The number of hydrogen-bond acceptors (Lipinski definition) is 5. The minimum atomic E-state index is -0.848. The summed E-state index contributed by atoms with van der Waals surface area (Å²) < 4.78 is 26.3. The summed E-state index contributed by atoms with van der Waals surface area (Å²) in [6.07, 6.45) is 0.710. The number of halogens is 2. The first-order valence-corrected chi connectivity index (χ1v) is 4.87. The summed E-state index contributed by atoms with van der Waals surface area (Å²) in [7, 11) is 0. The Kier molecular flexibility index (Phi) is 2.88. The standard InChI is InChI=1S/C9H12F2N4O/c10-6-3-7(11)9(15-12)14-8(6)13-4-1-5(16)2-4/h3-5,16H,1-2,12H2,(H2,13,14,15). The molecule has 7 heteroatoms. The molecule has 5 N–H and O–H groups in total. The van der Waals surface area contributed by atoms with Gasteiger partial charge in [-0.1, -0.05) is 0 Å². The van der Waals surface area contributed by atoms with Crippen molar-refractivity contribution >= 4 is 11.6 Å². The van der Waals surface area contributed by atoms with E-state index in [0.717, 1.165) is 0 Å². The van der Waals surface area contributed by atoms with Crippen LogP contribution in [-0.2, 0) is 0 Å². The van der Waals surface area contributed by atoms with Crippen molar-refractivity contribution in [2.45, 2.75) is 25.0 Å². The zero-order chi connectivity index (χ0) is 11.7. The third kappa shape index (κ3) is 2.05. The third-order valence-electron chi connectivity index (χ3n) is 2.52. The fourth-order valence-electron chi connectivity index (χ4n) is 1.57. The van der Waals surface area contributed by atoms with Gasteiger partial charge in [-0.15, -0.1) is 0 Å². The van der Waals surface area contributed by atoms with E-state index in [-0.39, 0.29) is 23.8 Å². The molecule has 2 rings (SSSR count). The van der Waals surface area contributed by atoms with Gasteiger partial charge in [0.15, 0.2) is 23.3 Å². The molecule has 0 bridgehead atoms. The van der Waals surface area contributed by atoms with Gasteiger partial charge in [-0.25, -0.2) is 19.6 Å². The number of rotatable bonds is 3. The Morgan fingerprint density at radius 1 is 1.31 bits per heavy atom. The maximum atomic E-state index is 13.3. The van der Waals surface area contributed by atoms with Crippen molar-refractivity contribution in [3.8, 4) is 0 Å². The van der Waals surface area contributed by atoms with Gasteiger partial charge in [-0.3, -0.25) is 0 Å². The Morgan fingerprint density at radius 2 is 1.94 bits per heavy atom. The fourth-order valence-corrected chi connectivity index (χ4v) is 1.57. The van der Waals surface area contributed by atoms with E-state index in [1.165, 1.54) is 0 Å². The molecule has 0 saturated heterocycles. The first kappa shape index (κ1) is 11.0. The second-order valence-corrected chi connectivity index (χ2v) is 3.76. The maximum absolute atomic E-state index is 13.3. The number of hydrazine groups is 1. The highest BCUT2D eigenvalue weighted by atomic mass is 19.1. The van der Waals surface area contributed by atoms with Gasteiger partial charge in [0.25, 0.3) is 0 Å². The quantitative estimate of drug-likeness (QED) is 0.451. The Labute approximate surface area is 90.6 Å². The van der Waals surface area contributed by atoms with Crippen LogP contribution in [0.1, 0.15) is 12.8 Å². The highest BCUT2D eigenvalue weighted by molar-refractivity contribution is 5.47. The minimum Gasteiger partial charge on any atom is -0.393 e. The molecule has 1 fully saturated rings. The predicted octanol–water partition coefficient (Wildman–Crippen LogP) is 0.581. The van der Waals surface area contributed by atoms with Gasteiger partial charge < -0.3 is 15.8 Å². The average Bonchev–Trinajstić information content (AvgIpc) is 2.19. The first-order chi connectivity index (χ1) is 7.60. The Morgan fingerprint density at radius 3 is 2.50 bits per heavy atom. The molecule has 1 aliphatic rings. The van der Waals surface area contributed by atoms with E-state index in [0.29, 0.717) is 18.9 Å². The Balaban J connectivity index is 2.13. The largest absolute Gasteiger partial charge is 0.393 e. The van der Waals surface area contributed by atoms with Gasteiger partial charge in [0.05, 0.1) is 6.10 Å². The molecule has 0 unspecified atom stereocenters. The molecule has 1 aromatic rings. The second-order valence-electron chi connectivity index (χ2n) is 3.76. The summed E-state index contributed by atoms with van der Waals surface area (Å²) in [6.45, 7) is 0. The molecule has 0 aliphatic heterocycles. The van der Waals surface area contributed by atoms with Crippen molar-refractivity contribution in [3.05, 3.63) is 17.7 Å². The number of hydrogen-bond donors (Lipinski definition) is 4. The number of nitrogens with zero attached hydrogens (tertiary/aromatic N) is 1. The number of nitrogens with two attached hydrogens (primary N) is 1. The van der Waals surface area contributed by atoms with Crippen molar-refractivity contribution < 1.29 is 13.9 Å². The number of aromatic nitrogens is 1. The van der Waals surface area contributed by atoms with E-state index in [1.54, 1.807) is 0 Å². The average molecular weight is 230 g/mol. The van der Waals surface area contributed by atoms with E-state index >= 15 is 0 Å². The van der Waals surface area contributed by atoms with Crippen molar-refractivity contribution in [2.75, 3.05) is 10.7 Å². The lowest BCUT2D eigenvalue weighted by Crippen LogP contribution is -2.39. The SMILES string of the molecule is NNc1nc(NC2CC(O)C2)c(F)cc1F. The van der Waals surface area contributed by atoms with Crippen LogP contribution in [0.4, 0.5) is 20.4 Å². The topological polar surface area (TPSA) is 83.2 Å². The molecule has 1 aliphatic carbocycles. The van der Waals surface area contributed by atoms with Crippen LogP contribution >= 0.6 is 0 Å². The van der Waals surface area contributed by atoms with Crippen LogP contribution in [0, 0.1) is 11.6 Å². The van der Waals surface area contributed by atoms with Crippen molar-refractivity contribution in [2.24, 2.45) is 5.84 Å². The van der Waals surface area contributed by atoms with Crippen LogP contribution in [0.2, 0.25) is 0 Å². The smallest absolute Gasteiger partial charge is 0.178 e. The summed E-state index contributed by atoms with van der Waals surface area (Å²) in [6, 6.07) is 0.674. The summed E-state index contributed by atoms with van der Waals surface area (Å²) in [5, 5.41) is 11.8. The van der Waals surface area contributed by atoms with Gasteiger partial charge in [0.1, 0.15) is 0 Å². The molecule has 1 aromatic heterocycles. The first-order valence-electron chi connectivity index (χ1n) is 4.87. The van der Waals surface area contributed by atoms with Crippen LogP contribution < -0.4 is 16.6 Å². The molecular weight excluding hydrogens is 218 g/mol. The number of aliphatic hydroxyl groups excluding tert-OH is 1. The zero-order valence-electron chi connectivity index (χ0n) is 8.37.